The SMILES string of the molecule is CCC(C)C(C)C.CCC(C)C(C)C. The standard InChI is InChI=1S/2C7H16/c2*1-5-7(4)6(2)3/h2*6-7H,5H2,1-4H3. The van der Waals surface area contributed by atoms with Crippen molar-refractivity contribution < 1.29 is 0 Å². The highest BCUT2D eigenvalue weighted by atomic mass is 14.1. The van der Waals surface area contributed by atoms with Gasteiger partial charge in [-0.3, -0.25) is 0 Å². The van der Waals surface area contributed by atoms with E-state index >= 15 is 0 Å². The zero-order chi connectivity index (χ0) is 11.7. The number of hydrogen-bond donors (Lipinski definition) is 0. The largest absolute Gasteiger partial charge is 0.0651 e. The fourth-order valence-electron chi connectivity index (χ4n) is 0.943. The van der Waals surface area contributed by atoms with Crippen LogP contribution in [-0.4, -0.2) is 0 Å². The Labute approximate surface area is 92.5 Å². The average Bonchev–Trinajstić information content (AvgIpc) is 2.15. The molecule has 2 unspecified atom stereocenters. The highest BCUT2D eigenvalue weighted by Crippen LogP contribution is 2.12. The first-order valence-electron chi connectivity index (χ1n) is 6.36. The summed E-state index contributed by atoms with van der Waals surface area (Å²) in [6.07, 6.45) is 2.63. The van der Waals surface area contributed by atoms with Crippen LogP contribution in [0.1, 0.15) is 68.2 Å². The van der Waals surface area contributed by atoms with Crippen LogP contribution in [0.3, 0.4) is 0 Å². The third-order valence-corrected chi connectivity index (χ3v) is 3.56. The molecular weight excluding hydrogens is 168 g/mol. The summed E-state index contributed by atoms with van der Waals surface area (Å²) >= 11 is 0. The second-order valence-electron chi connectivity index (χ2n) is 5.26. The van der Waals surface area contributed by atoms with E-state index in [0.717, 1.165) is 23.7 Å². The Morgan fingerprint density at radius 1 is 0.571 bits per heavy atom. The molecular formula is C14H32. The molecule has 0 N–H and O–H groups in total. The summed E-state index contributed by atoms with van der Waals surface area (Å²) in [5.74, 6) is 3.54. The minimum atomic E-state index is 0.866. The minimum Gasteiger partial charge on any atom is -0.0651 e. The maximum Gasteiger partial charge on any atom is -0.0422 e. The summed E-state index contributed by atoms with van der Waals surface area (Å²) < 4.78 is 0. The molecule has 0 heterocycles. The summed E-state index contributed by atoms with van der Waals surface area (Å²) in [6, 6.07) is 0. The van der Waals surface area contributed by atoms with Gasteiger partial charge in [0.1, 0.15) is 0 Å². The molecule has 14 heavy (non-hydrogen) atoms. The second-order valence-corrected chi connectivity index (χ2v) is 5.26. The van der Waals surface area contributed by atoms with Gasteiger partial charge < -0.3 is 0 Å². The molecule has 0 saturated carbocycles. The lowest BCUT2D eigenvalue weighted by atomic mass is 9.96. The van der Waals surface area contributed by atoms with Crippen LogP contribution in [0.5, 0.6) is 0 Å². The van der Waals surface area contributed by atoms with Gasteiger partial charge in [-0.25, -0.2) is 0 Å². The van der Waals surface area contributed by atoms with E-state index in [-0.39, 0.29) is 0 Å². The zero-order valence-electron chi connectivity index (χ0n) is 11.7. The third kappa shape index (κ3) is 10.1. The molecule has 0 nitrogen and oxygen atoms in total. The molecule has 0 radical (unpaired) electrons. The average molecular weight is 200 g/mol. The van der Waals surface area contributed by atoms with E-state index in [0.29, 0.717) is 0 Å². The Bertz CT molecular complexity index is 88.6. The van der Waals surface area contributed by atoms with Crippen molar-refractivity contribution in [2.75, 3.05) is 0 Å². The van der Waals surface area contributed by atoms with Gasteiger partial charge in [-0.1, -0.05) is 68.2 Å². The summed E-state index contributed by atoms with van der Waals surface area (Å²) in [5.41, 5.74) is 0. The lowest BCUT2D eigenvalue weighted by Gasteiger charge is -2.10. The van der Waals surface area contributed by atoms with E-state index in [1.807, 2.05) is 0 Å². The van der Waals surface area contributed by atoms with Crippen LogP contribution in [-0.2, 0) is 0 Å². The molecule has 0 fully saturated rings. The quantitative estimate of drug-likeness (QED) is 0.572. The van der Waals surface area contributed by atoms with Crippen LogP contribution in [0.15, 0.2) is 0 Å². The molecule has 0 aliphatic heterocycles. The van der Waals surface area contributed by atoms with Crippen molar-refractivity contribution in [1.29, 1.82) is 0 Å². The van der Waals surface area contributed by atoms with Gasteiger partial charge in [-0.05, 0) is 23.7 Å². The summed E-state index contributed by atoms with van der Waals surface area (Å²) in [6.45, 7) is 18.2. The van der Waals surface area contributed by atoms with Crippen molar-refractivity contribution in [1.82, 2.24) is 0 Å². The van der Waals surface area contributed by atoms with Gasteiger partial charge >= 0.3 is 0 Å². The smallest absolute Gasteiger partial charge is 0.0422 e. The molecule has 0 aromatic heterocycles. The van der Waals surface area contributed by atoms with Crippen molar-refractivity contribution in [2.45, 2.75) is 68.2 Å². The molecule has 88 valence electrons. The fourth-order valence-corrected chi connectivity index (χ4v) is 0.943. The fraction of sp³-hybridized carbons (Fsp3) is 1.00. The minimum absolute atomic E-state index is 0.866. The molecule has 0 bridgehead atoms. The maximum absolute atomic E-state index is 2.30. The zero-order valence-corrected chi connectivity index (χ0v) is 11.7. The van der Waals surface area contributed by atoms with Gasteiger partial charge in [0.05, 0.1) is 0 Å². The summed E-state index contributed by atoms with van der Waals surface area (Å²) in [4.78, 5) is 0. The van der Waals surface area contributed by atoms with Crippen molar-refractivity contribution in [3.05, 3.63) is 0 Å². The summed E-state index contributed by atoms with van der Waals surface area (Å²) in [5, 5.41) is 0. The van der Waals surface area contributed by atoms with Crippen molar-refractivity contribution in [2.24, 2.45) is 23.7 Å². The Balaban J connectivity index is 0. The van der Waals surface area contributed by atoms with Crippen LogP contribution in [0.2, 0.25) is 0 Å². The van der Waals surface area contributed by atoms with E-state index in [1.54, 1.807) is 0 Å². The van der Waals surface area contributed by atoms with E-state index < -0.39 is 0 Å². The van der Waals surface area contributed by atoms with Gasteiger partial charge in [-0.2, -0.15) is 0 Å². The van der Waals surface area contributed by atoms with E-state index in [1.165, 1.54) is 12.8 Å². The first kappa shape index (κ1) is 16.4. The molecule has 0 aromatic rings. The van der Waals surface area contributed by atoms with Crippen LogP contribution < -0.4 is 0 Å². The van der Waals surface area contributed by atoms with Gasteiger partial charge in [0.25, 0.3) is 0 Å². The van der Waals surface area contributed by atoms with Crippen molar-refractivity contribution >= 4 is 0 Å². The number of hydrogen-bond acceptors (Lipinski definition) is 0. The van der Waals surface area contributed by atoms with Crippen molar-refractivity contribution in [3.63, 3.8) is 0 Å². The van der Waals surface area contributed by atoms with E-state index in [2.05, 4.69) is 55.4 Å². The third-order valence-electron chi connectivity index (χ3n) is 3.56. The number of rotatable bonds is 4. The highest BCUT2D eigenvalue weighted by molar-refractivity contribution is 4.52. The predicted molar refractivity (Wildman–Crippen MR) is 68.6 cm³/mol. The molecule has 0 amide bonds. The molecule has 0 saturated heterocycles. The van der Waals surface area contributed by atoms with Crippen LogP contribution in [0, 0.1) is 23.7 Å². The Kier molecular flexibility index (Phi) is 11.2. The lowest BCUT2D eigenvalue weighted by Crippen LogP contribution is -2.00. The second kappa shape index (κ2) is 9.55. The topological polar surface area (TPSA) is 0 Å². The predicted octanol–water partition coefficient (Wildman–Crippen LogP) is 5.38. The Hall–Kier alpha value is 0. The van der Waals surface area contributed by atoms with Gasteiger partial charge in [0.2, 0.25) is 0 Å². The van der Waals surface area contributed by atoms with Crippen molar-refractivity contribution in [3.8, 4) is 0 Å². The maximum atomic E-state index is 2.30. The van der Waals surface area contributed by atoms with E-state index in [4.69, 9.17) is 0 Å². The molecule has 2 atom stereocenters. The summed E-state index contributed by atoms with van der Waals surface area (Å²) in [7, 11) is 0. The molecule has 0 rings (SSSR count). The van der Waals surface area contributed by atoms with Crippen LogP contribution >= 0.6 is 0 Å². The monoisotopic (exact) mass is 200 g/mol. The molecule has 0 heteroatoms. The van der Waals surface area contributed by atoms with Crippen LogP contribution in [0.25, 0.3) is 0 Å². The molecule has 0 aromatic carbocycles. The Morgan fingerprint density at radius 2 is 0.786 bits per heavy atom. The van der Waals surface area contributed by atoms with E-state index in [9.17, 15) is 0 Å². The van der Waals surface area contributed by atoms with Gasteiger partial charge in [0, 0.05) is 0 Å². The normalized spacial score (nSPS) is 15.0. The molecule has 0 spiro atoms. The van der Waals surface area contributed by atoms with Crippen LogP contribution in [0.4, 0.5) is 0 Å². The highest BCUT2D eigenvalue weighted by Gasteiger charge is 2.01. The van der Waals surface area contributed by atoms with Gasteiger partial charge in [0.15, 0.2) is 0 Å². The molecule has 0 aliphatic carbocycles. The first-order chi connectivity index (χ1) is 6.36. The first-order valence-corrected chi connectivity index (χ1v) is 6.36. The van der Waals surface area contributed by atoms with Gasteiger partial charge in [-0.15, -0.1) is 0 Å². The lowest BCUT2D eigenvalue weighted by molar-refractivity contribution is 0.407. The Morgan fingerprint density at radius 3 is 0.786 bits per heavy atom. The molecule has 0 aliphatic rings.